The van der Waals surface area contributed by atoms with Gasteiger partial charge in [-0.05, 0) is 35.9 Å². The van der Waals surface area contributed by atoms with E-state index in [2.05, 4.69) is 15.2 Å². The van der Waals surface area contributed by atoms with Crippen molar-refractivity contribution in [1.29, 1.82) is 0 Å². The Balaban J connectivity index is 1.54. The molecule has 0 radical (unpaired) electrons. The van der Waals surface area contributed by atoms with Gasteiger partial charge in [0.1, 0.15) is 11.6 Å². The molecule has 7 heteroatoms. The number of aliphatic carboxylic acids is 1. The molecule has 0 fully saturated rings. The molecule has 2 heterocycles. The number of benzene rings is 1. The van der Waals surface area contributed by atoms with Crippen LogP contribution in [0.3, 0.4) is 0 Å². The van der Waals surface area contributed by atoms with E-state index >= 15 is 0 Å². The number of halogens is 1. The van der Waals surface area contributed by atoms with Crippen molar-refractivity contribution < 1.29 is 19.0 Å². The Morgan fingerprint density at radius 2 is 2.15 bits per heavy atom. The second-order valence-corrected chi connectivity index (χ2v) is 5.48. The highest BCUT2D eigenvalue weighted by Gasteiger charge is 2.04. The van der Waals surface area contributed by atoms with Crippen LogP contribution in [0.15, 0.2) is 54.9 Å². The molecule has 2 aromatic heterocycles. The molecule has 6 nitrogen and oxygen atoms in total. The van der Waals surface area contributed by atoms with Crippen molar-refractivity contribution in [1.82, 2.24) is 15.2 Å². The van der Waals surface area contributed by atoms with Crippen LogP contribution in [0.5, 0.6) is 5.75 Å². The van der Waals surface area contributed by atoms with E-state index in [0.29, 0.717) is 18.8 Å². The van der Waals surface area contributed by atoms with Gasteiger partial charge in [-0.2, -0.15) is 5.10 Å². The number of aromatic nitrogens is 3. The van der Waals surface area contributed by atoms with E-state index in [-0.39, 0.29) is 5.56 Å². The van der Waals surface area contributed by atoms with E-state index < -0.39 is 11.8 Å². The molecule has 3 rings (SSSR count). The van der Waals surface area contributed by atoms with Crippen molar-refractivity contribution in [3.8, 4) is 17.1 Å². The number of ether oxygens (including phenoxy) is 1. The Hall–Kier alpha value is -3.48. The van der Waals surface area contributed by atoms with Crippen molar-refractivity contribution in [3.05, 3.63) is 71.8 Å². The van der Waals surface area contributed by atoms with E-state index in [0.717, 1.165) is 23.0 Å². The van der Waals surface area contributed by atoms with E-state index in [4.69, 9.17) is 9.84 Å². The number of H-pyrrole nitrogens is 1. The zero-order valence-corrected chi connectivity index (χ0v) is 13.7. The molecule has 2 N–H and O–H groups in total. The molecule has 0 saturated heterocycles. The van der Waals surface area contributed by atoms with Gasteiger partial charge in [0.25, 0.3) is 0 Å². The first kappa shape index (κ1) is 17.3. The fourth-order valence-corrected chi connectivity index (χ4v) is 2.33. The highest BCUT2D eigenvalue weighted by Crippen LogP contribution is 2.17. The minimum atomic E-state index is -1.12. The van der Waals surface area contributed by atoms with Gasteiger partial charge in [0.2, 0.25) is 0 Å². The maximum absolute atomic E-state index is 13.9. The Kier molecular flexibility index (Phi) is 5.38. The topological polar surface area (TPSA) is 88.1 Å². The lowest BCUT2D eigenvalue weighted by Gasteiger charge is -2.07. The first-order chi connectivity index (χ1) is 12.6. The molecule has 0 spiro atoms. The van der Waals surface area contributed by atoms with Gasteiger partial charge in [-0.1, -0.05) is 12.1 Å². The van der Waals surface area contributed by atoms with E-state index in [1.54, 1.807) is 24.5 Å². The number of nitrogens with zero attached hydrogens (tertiary/aromatic N) is 2. The Morgan fingerprint density at radius 3 is 2.81 bits per heavy atom. The summed E-state index contributed by atoms with van der Waals surface area (Å²) in [6, 6.07) is 10.1. The summed E-state index contributed by atoms with van der Waals surface area (Å²) in [5, 5.41) is 15.3. The summed E-state index contributed by atoms with van der Waals surface area (Å²) < 4.78 is 19.6. The summed E-state index contributed by atoms with van der Waals surface area (Å²) >= 11 is 0. The normalized spacial score (nSPS) is 11.0. The number of hydrogen-bond acceptors (Lipinski definition) is 4. The van der Waals surface area contributed by atoms with Crippen molar-refractivity contribution in [2.75, 3.05) is 6.61 Å². The molecule has 132 valence electrons. The molecular weight excluding hydrogens is 337 g/mol. The summed E-state index contributed by atoms with van der Waals surface area (Å²) in [7, 11) is 0. The number of carboxylic acid groups (broad SMARTS) is 1. The van der Waals surface area contributed by atoms with Crippen molar-refractivity contribution in [3.63, 3.8) is 0 Å². The Morgan fingerprint density at radius 1 is 1.27 bits per heavy atom. The number of pyridine rings is 1. The van der Waals surface area contributed by atoms with Crippen LogP contribution in [0.25, 0.3) is 17.5 Å². The fraction of sp³-hybridized carbons (Fsp3) is 0.105. The van der Waals surface area contributed by atoms with Crippen LogP contribution in [0.4, 0.5) is 4.39 Å². The molecule has 0 atom stereocenters. The van der Waals surface area contributed by atoms with Crippen molar-refractivity contribution >= 4 is 12.0 Å². The van der Waals surface area contributed by atoms with Crippen LogP contribution in [0, 0.1) is 5.82 Å². The van der Waals surface area contributed by atoms with Gasteiger partial charge in [0, 0.05) is 24.3 Å². The van der Waals surface area contributed by atoms with Gasteiger partial charge < -0.3 is 9.84 Å². The second kappa shape index (κ2) is 8.06. The average Bonchev–Trinajstić information content (AvgIpc) is 3.16. The largest absolute Gasteiger partial charge is 0.492 e. The van der Waals surface area contributed by atoms with Gasteiger partial charge in [0.05, 0.1) is 24.2 Å². The molecule has 1 aromatic carbocycles. The molecule has 0 aliphatic rings. The van der Waals surface area contributed by atoms with E-state index in [9.17, 15) is 9.18 Å². The third kappa shape index (κ3) is 4.54. The summed E-state index contributed by atoms with van der Waals surface area (Å²) in [4.78, 5) is 14.8. The third-order valence-corrected chi connectivity index (χ3v) is 3.64. The molecule has 0 unspecified atom stereocenters. The zero-order valence-electron chi connectivity index (χ0n) is 13.7. The van der Waals surface area contributed by atoms with Gasteiger partial charge >= 0.3 is 5.97 Å². The van der Waals surface area contributed by atoms with Gasteiger partial charge in [-0.3, -0.25) is 10.1 Å². The molecule has 0 aliphatic heterocycles. The standard InChI is InChI=1S/C19H16FN3O3/c20-16-11-13(1-2-14(16)3-6-19(24)25)8-10-26-15-4-5-17(21-12-15)18-7-9-22-23-18/h1-7,9,11-12H,8,10H2,(H,22,23)(H,24,25)/b6-3+. The predicted molar refractivity (Wildman–Crippen MR) is 94.1 cm³/mol. The number of carbonyl (C=O) groups is 1. The predicted octanol–water partition coefficient (Wildman–Crippen LogP) is 3.33. The second-order valence-electron chi connectivity index (χ2n) is 5.48. The summed E-state index contributed by atoms with van der Waals surface area (Å²) in [6.45, 7) is 0.370. The first-order valence-electron chi connectivity index (χ1n) is 7.90. The van der Waals surface area contributed by atoms with Gasteiger partial charge in [0.15, 0.2) is 0 Å². The molecule has 0 saturated carbocycles. The van der Waals surface area contributed by atoms with E-state index in [1.807, 2.05) is 18.2 Å². The van der Waals surface area contributed by atoms with Crippen molar-refractivity contribution in [2.24, 2.45) is 0 Å². The molecule has 3 aromatic rings. The molecule has 26 heavy (non-hydrogen) atoms. The summed E-state index contributed by atoms with van der Waals surface area (Å²) in [5.74, 6) is -0.964. The molecule has 0 amide bonds. The quantitative estimate of drug-likeness (QED) is 0.636. The highest BCUT2D eigenvalue weighted by molar-refractivity contribution is 5.85. The minimum Gasteiger partial charge on any atom is -0.492 e. The highest BCUT2D eigenvalue weighted by atomic mass is 19.1. The lowest BCUT2D eigenvalue weighted by atomic mass is 10.1. The maximum Gasteiger partial charge on any atom is 0.328 e. The minimum absolute atomic E-state index is 0.232. The lowest BCUT2D eigenvalue weighted by molar-refractivity contribution is -0.131. The number of rotatable bonds is 7. The van der Waals surface area contributed by atoms with Crippen LogP contribution in [0.1, 0.15) is 11.1 Å². The molecular formula is C19H16FN3O3. The maximum atomic E-state index is 13.9. The SMILES string of the molecule is O=C(O)/C=C/c1ccc(CCOc2ccc(-c3ccn[nH]3)nc2)cc1F. The monoisotopic (exact) mass is 353 g/mol. The Labute approximate surface area is 149 Å². The first-order valence-corrected chi connectivity index (χ1v) is 7.90. The average molecular weight is 353 g/mol. The zero-order chi connectivity index (χ0) is 18.4. The van der Waals surface area contributed by atoms with Gasteiger partial charge in [-0.25, -0.2) is 9.18 Å². The fourth-order valence-electron chi connectivity index (χ4n) is 2.33. The molecule has 0 aliphatic carbocycles. The van der Waals surface area contributed by atoms with Crippen LogP contribution >= 0.6 is 0 Å². The van der Waals surface area contributed by atoms with Gasteiger partial charge in [-0.15, -0.1) is 0 Å². The third-order valence-electron chi connectivity index (χ3n) is 3.64. The van der Waals surface area contributed by atoms with Crippen LogP contribution in [0.2, 0.25) is 0 Å². The van der Waals surface area contributed by atoms with Crippen LogP contribution in [-0.2, 0) is 11.2 Å². The summed E-state index contributed by atoms with van der Waals surface area (Å²) in [5.41, 5.74) is 2.58. The van der Waals surface area contributed by atoms with Crippen molar-refractivity contribution in [2.45, 2.75) is 6.42 Å². The number of aromatic amines is 1. The van der Waals surface area contributed by atoms with Crippen LogP contribution in [-0.4, -0.2) is 32.9 Å². The lowest BCUT2D eigenvalue weighted by Crippen LogP contribution is -2.02. The molecule has 0 bridgehead atoms. The number of hydrogen-bond donors (Lipinski definition) is 2. The number of carboxylic acids is 1. The van der Waals surface area contributed by atoms with E-state index in [1.165, 1.54) is 12.1 Å². The summed E-state index contributed by atoms with van der Waals surface area (Å²) in [6.07, 6.45) is 5.92. The smallest absolute Gasteiger partial charge is 0.328 e. The number of nitrogens with one attached hydrogen (secondary N) is 1. The van der Waals surface area contributed by atoms with Crippen LogP contribution < -0.4 is 4.74 Å². The Bertz CT molecular complexity index is 906.